The fourth-order valence-corrected chi connectivity index (χ4v) is 4.23. The van der Waals surface area contributed by atoms with E-state index < -0.39 is 5.60 Å². The maximum absolute atomic E-state index is 10.2. The molecule has 3 heterocycles. The van der Waals surface area contributed by atoms with Crippen molar-refractivity contribution in [3.05, 3.63) is 29.9 Å². The number of imidazole rings is 1. The van der Waals surface area contributed by atoms with Gasteiger partial charge in [-0.15, -0.1) is 16.4 Å². The van der Waals surface area contributed by atoms with Crippen LogP contribution in [0.15, 0.2) is 29.9 Å². The predicted octanol–water partition coefficient (Wildman–Crippen LogP) is 3.59. The van der Waals surface area contributed by atoms with Crippen LogP contribution in [0.1, 0.15) is 39.5 Å². The van der Waals surface area contributed by atoms with Crippen LogP contribution in [0.2, 0.25) is 0 Å². The number of hydrogen-bond acceptors (Lipinski definition) is 6. The zero-order chi connectivity index (χ0) is 17.4. The number of anilines is 1. The summed E-state index contributed by atoms with van der Waals surface area (Å²) in [5.74, 6) is 1.24. The first-order valence-electron chi connectivity index (χ1n) is 8.74. The molecule has 1 fully saturated rings. The smallest absolute Gasteiger partial charge is 0.154 e. The van der Waals surface area contributed by atoms with Crippen LogP contribution >= 0.6 is 11.3 Å². The highest BCUT2D eigenvalue weighted by molar-refractivity contribution is 7.13. The van der Waals surface area contributed by atoms with Crippen molar-refractivity contribution in [2.24, 2.45) is 5.92 Å². The number of hydrogen-bond donors (Lipinski definition) is 2. The molecule has 1 aliphatic rings. The summed E-state index contributed by atoms with van der Waals surface area (Å²) in [5, 5.41) is 21.3. The van der Waals surface area contributed by atoms with Crippen LogP contribution in [0, 0.1) is 5.92 Å². The van der Waals surface area contributed by atoms with Crippen LogP contribution in [0.3, 0.4) is 0 Å². The van der Waals surface area contributed by atoms with Gasteiger partial charge in [0.15, 0.2) is 5.65 Å². The molecular formula is C18H23N5OS. The summed E-state index contributed by atoms with van der Waals surface area (Å²) in [6, 6.07) is 4.36. The third kappa shape index (κ3) is 3.39. The Hall–Kier alpha value is -1.99. The first-order chi connectivity index (χ1) is 12.0. The van der Waals surface area contributed by atoms with Crippen LogP contribution < -0.4 is 5.32 Å². The molecular weight excluding hydrogens is 334 g/mol. The van der Waals surface area contributed by atoms with E-state index in [-0.39, 0.29) is 0 Å². The van der Waals surface area contributed by atoms with E-state index in [4.69, 9.17) is 5.10 Å². The van der Waals surface area contributed by atoms with Gasteiger partial charge >= 0.3 is 0 Å². The Morgan fingerprint density at radius 2 is 2.00 bits per heavy atom. The molecule has 0 spiro atoms. The largest absolute Gasteiger partial charge is 0.390 e. The first kappa shape index (κ1) is 16.5. The number of fused-ring (bicyclic) bond motifs is 1. The highest BCUT2D eigenvalue weighted by Gasteiger charge is 2.31. The highest BCUT2D eigenvalue weighted by Crippen LogP contribution is 2.33. The van der Waals surface area contributed by atoms with Gasteiger partial charge in [0.2, 0.25) is 0 Å². The summed E-state index contributed by atoms with van der Waals surface area (Å²) in [6.45, 7) is 3.83. The molecule has 1 aliphatic carbocycles. The molecule has 0 bridgehead atoms. The predicted molar refractivity (Wildman–Crippen MR) is 99.8 cm³/mol. The second-order valence-electron chi connectivity index (χ2n) is 7.32. The summed E-state index contributed by atoms with van der Waals surface area (Å²) >= 11 is 1.58. The van der Waals surface area contributed by atoms with Crippen molar-refractivity contribution in [1.29, 1.82) is 0 Å². The first-order valence-corrected chi connectivity index (χ1v) is 9.62. The Labute approximate surface area is 150 Å². The van der Waals surface area contributed by atoms with Gasteiger partial charge in [0, 0.05) is 17.6 Å². The lowest BCUT2D eigenvalue weighted by atomic mass is 9.77. The molecule has 4 rings (SSSR count). The molecule has 0 saturated heterocycles. The number of nitrogens with zero attached hydrogens (tertiary/aromatic N) is 4. The van der Waals surface area contributed by atoms with Crippen LogP contribution in [-0.4, -0.2) is 36.3 Å². The summed E-state index contributed by atoms with van der Waals surface area (Å²) in [6.07, 6.45) is 7.80. The normalized spacial score (nSPS) is 21.6. The van der Waals surface area contributed by atoms with Crippen LogP contribution in [0.5, 0.6) is 0 Å². The summed E-state index contributed by atoms with van der Waals surface area (Å²) in [4.78, 5) is 8.77. The van der Waals surface area contributed by atoms with Crippen LogP contribution in [0.25, 0.3) is 16.3 Å². The molecule has 1 saturated carbocycles. The number of thiazole rings is 1. The molecule has 0 aromatic carbocycles. The van der Waals surface area contributed by atoms with E-state index in [1.165, 1.54) is 0 Å². The zero-order valence-corrected chi connectivity index (χ0v) is 15.3. The van der Waals surface area contributed by atoms with Crippen LogP contribution in [-0.2, 0) is 0 Å². The van der Waals surface area contributed by atoms with E-state index in [2.05, 4.69) is 15.3 Å². The highest BCUT2D eigenvalue weighted by atomic mass is 32.1. The number of aliphatic hydroxyl groups is 1. The Bertz CT molecular complexity index is 844. The Morgan fingerprint density at radius 3 is 2.68 bits per heavy atom. The topological polar surface area (TPSA) is 75.3 Å². The van der Waals surface area contributed by atoms with Crippen molar-refractivity contribution < 1.29 is 5.11 Å². The Kier molecular flexibility index (Phi) is 4.21. The SMILES string of the molecule is CC(C)(O)[C@H]1CC[C@H](Nc2ccc3ncc(-c4nccs4)n3n2)CC1. The summed E-state index contributed by atoms with van der Waals surface area (Å²) in [5.41, 5.74) is 1.16. The third-order valence-electron chi connectivity index (χ3n) is 5.09. The molecule has 3 aromatic heterocycles. The van der Waals surface area contributed by atoms with Gasteiger partial charge in [-0.2, -0.15) is 0 Å². The van der Waals surface area contributed by atoms with E-state index in [0.29, 0.717) is 12.0 Å². The van der Waals surface area contributed by atoms with Gasteiger partial charge in [0.1, 0.15) is 16.5 Å². The van der Waals surface area contributed by atoms with E-state index in [0.717, 1.165) is 47.8 Å². The molecule has 6 nitrogen and oxygen atoms in total. The summed E-state index contributed by atoms with van der Waals surface area (Å²) in [7, 11) is 0. The van der Waals surface area contributed by atoms with Crippen molar-refractivity contribution in [2.75, 3.05) is 5.32 Å². The molecule has 132 valence electrons. The maximum atomic E-state index is 10.2. The molecule has 0 unspecified atom stereocenters. The number of nitrogens with one attached hydrogen (secondary N) is 1. The summed E-state index contributed by atoms with van der Waals surface area (Å²) < 4.78 is 1.85. The molecule has 2 N–H and O–H groups in total. The minimum Gasteiger partial charge on any atom is -0.390 e. The quantitative estimate of drug-likeness (QED) is 0.746. The molecule has 0 amide bonds. The van der Waals surface area contributed by atoms with Gasteiger partial charge in [-0.1, -0.05) is 0 Å². The lowest BCUT2D eigenvalue weighted by Crippen LogP contribution is -2.37. The average Bonchev–Trinajstić information content (AvgIpc) is 3.23. The van der Waals surface area contributed by atoms with Crippen molar-refractivity contribution >= 4 is 22.8 Å². The lowest BCUT2D eigenvalue weighted by Gasteiger charge is -2.36. The monoisotopic (exact) mass is 357 g/mol. The van der Waals surface area contributed by atoms with Gasteiger partial charge < -0.3 is 10.4 Å². The minimum absolute atomic E-state index is 0.381. The van der Waals surface area contributed by atoms with Crippen molar-refractivity contribution in [2.45, 2.75) is 51.2 Å². The van der Waals surface area contributed by atoms with Gasteiger partial charge in [-0.25, -0.2) is 14.5 Å². The van der Waals surface area contributed by atoms with E-state index in [1.54, 1.807) is 17.5 Å². The minimum atomic E-state index is -0.582. The van der Waals surface area contributed by atoms with E-state index in [1.807, 2.05) is 42.1 Å². The van der Waals surface area contributed by atoms with Crippen molar-refractivity contribution in [3.63, 3.8) is 0 Å². The Balaban J connectivity index is 1.50. The number of rotatable bonds is 4. The standard InChI is InChI=1S/C18H23N5OS/c1-18(2,24)12-3-5-13(6-4-12)21-15-7-8-16-20-11-14(23(16)22-15)17-19-9-10-25-17/h7-13,24H,3-6H2,1-2H3,(H,21,22)/t12-,13-. The molecule has 25 heavy (non-hydrogen) atoms. The van der Waals surface area contributed by atoms with Gasteiger partial charge in [0.25, 0.3) is 0 Å². The van der Waals surface area contributed by atoms with Crippen molar-refractivity contribution in [3.8, 4) is 10.7 Å². The van der Waals surface area contributed by atoms with Crippen LogP contribution in [0.4, 0.5) is 5.82 Å². The molecule has 0 atom stereocenters. The van der Waals surface area contributed by atoms with Gasteiger partial charge in [-0.05, 0) is 57.6 Å². The second kappa shape index (κ2) is 6.38. The molecule has 7 heteroatoms. The molecule has 0 radical (unpaired) electrons. The van der Waals surface area contributed by atoms with Gasteiger partial charge in [-0.3, -0.25) is 0 Å². The Morgan fingerprint density at radius 1 is 1.20 bits per heavy atom. The maximum Gasteiger partial charge on any atom is 0.154 e. The van der Waals surface area contributed by atoms with E-state index in [9.17, 15) is 5.11 Å². The van der Waals surface area contributed by atoms with E-state index >= 15 is 0 Å². The van der Waals surface area contributed by atoms with Gasteiger partial charge in [0.05, 0.1) is 11.8 Å². The number of aromatic nitrogens is 4. The fraction of sp³-hybridized carbons (Fsp3) is 0.500. The molecule has 3 aromatic rings. The third-order valence-corrected chi connectivity index (χ3v) is 5.89. The second-order valence-corrected chi connectivity index (χ2v) is 8.21. The van der Waals surface area contributed by atoms with Crippen molar-refractivity contribution in [1.82, 2.24) is 19.6 Å². The fourth-order valence-electron chi connectivity index (χ4n) is 3.60. The molecule has 0 aliphatic heterocycles. The zero-order valence-electron chi connectivity index (χ0n) is 14.5. The lowest BCUT2D eigenvalue weighted by molar-refractivity contribution is -0.000405. The average molecular weight is 357 g/mol.